The Morgan fingerprint density at radius 1 is 0.714 bits per heavy atom. The number of rotatable bonds is 11. The molecule has 0 bridgehead atoms. The van der Waals surface area contributed by atoms with E-state index >= 15 is 0 Å². The highest BCUT2D eigenvalue weighted by Crippen LogP contribution is 2.41. The number of aromatic nitrogens is 4. The first kappa shape index (κ1) is 42.6. The highest BCUT2D eigenvalue weighted by Gasteiger charge is 2.50. The summed E-state index contributed by atoms with van der Waals surface area (Å²) in [6, 6.07) is 26.0. The molecule has 0 saturated carbocycles. The molecule has 0 aliphatic carbocycles. The second-order valence-corrected chi connectivity index (χ2v) is 16.3. The van der Waals surface area contributed by atoms with Gasteiger partial charge in [-0.3, -0.25) is 9.59 Å². The molecule has 2 aliphatic heterocycles. The Hall–Kier alpha value is -7.10. The lowest BCUT2D eigenvalue weighted by molar-refractivity contribution is -0.137. The number of halogens is 2. The minimum atomic E-state index is -3.13. The largest absolute Gasteiger partial charge is 0.453 e. The van der Waals surface area contributed by atoms with Gasteiger partial charge in [-0.15, -0.1) is 0 Å². The predicted molar refractivity (Wildman–Crippen MR) is 231 cm³/mol. The molecule has 14 nitrogen and oxygen atoms in total. The predicted octanol–water partition coefficient (Wildman–Crippen LogP) is 8.34. The van der Waals surface area contributed by atoms with E-state index in [1.54, 1.807) is 43.3 Å². The maximum absolute atomic E-state index is 14.8. The monoisotopic (exact) mass is 858 g/mol. The molecule has 8 rings (SSSR count). The van der Waals surface area contributed by atoms with Crippen LogP contribution in [-0.2, 0) is 19.1 Å². The molecule has 63 heavy (non-hydrogen) atoms. The molecule has 326 valence electrons. The zero-order valence-electron chi connectivity index (χ0n) is 35.2. The Balaban J connectivity index is 0.956. The van der Waals surface area contributed by atoms with Crippen molar-refractivity contribution >= 4 is 34.8 Å². The van der Waals surface area contributed by atoms with Gasteiger partial charge in [-0.05, 0) is 63.9 Å². The van der Waals surface area contributed by atoms with E-state index in [-0.39, 0.29) is 23.7 Å². The minimum Gasteiger partial charge on any atom is -0.453 e. The second-order valence-electron chi connectivity index (χ2n) is 16.3. The molecule has 2 fully saturated rings. The van der Waals surface area contributed by atoms with Crippen molar-refractivity contribution in [2.45, 2.75) is 63.2 Å². The molecule has 2 saturated heterocycles. The van der Waals surface area contributed by atoms with Gasteiger partial charge in [0.2, 0.25) is 5.91 Å². The normalized spacial score (nSPS) is 18.0. The van der Waals surface area contributed by atoms with Crippen LogP contribution < -0.4 is 10.6 Å². The summed E-state index contributed by atoms with van der Waals surface area (Å²) in [7, 11) is 2.44. The molecule has 2 aliphatic rings. The Bertz CT molecular complexity index is 2630. The molecule has 2 aromatic heterocycles. The van der Waals surface area contributed by atoms with Crippen LogP contribution in [0, 0.1) is 5.92 Å². The number of ether oxygens (including phenoxy) is 2. The van der Waals surface area contributed by atoms with Crippen molar-refractivity contribution in [3.05, 3.63) is 121 Å². The van der Waals surface area contributed by atoms with Gasteiger partial charge in [-0.25, -0.2) is 28.3 Å². The highest BCUT2D eigenvalue weighted by atomic mass is 19.3. The van der Waals surface area contributed by atoms with Crippen molar-refractivity contribution in [3.63, 3.8) is 0 Å². The fraction of sp³-hybridized carbons (Fsp3) is 0.319. The Labute approximate surface area is 362 Å². The van der Waals surface area contributed by atoms with Crippen LogP contribution in [0.3, 0.4) is 0 Å². The van der Waals surface area contributed by atoms with E-state index in [4.69, 9.17) is 9.72 Å². The molecule has 0 unspecified atom stereocenters. The summed E-state index contributed by atoms with van der Waals surface area (Å²) in [4.78, 5) is 70.3. The number of alkyl carbamates (subject to hydrolysis) is 2. The second kappa shape index (κ2) is 17.7. The van der Waals surface area contributed by atoms with Crippen molar-refractivity contribution in [3.8, 4) is 33.6 Å². The zero-order valence-corrected chi connectivity index (χ0v) is 35.2. The first-order chi connectivity index (χ1) is 30.3. The van der Waals surface area contributed by atoms with Crippen molar-refractivity contribution in [2.75, 3.05) is 27.3 Å². The van der Waals surface area contributed by atoms with E-state index in [0.717, 1.165) is 56.5 Å². The molecular formula is C47H48F2N8O6. The Kier molecular flexibility index (Phi) is 12.0. The maximum Gasteiger partial charge on any atom is 0.407 e. The van der Waals surface area contributed by atoms with Gasteiger partial charge >= 0.3 is 12.2 Å². The molecule has 16 heteroatoms. The first-order valence-corrected chi connectivity index (χ1v) is 20.8. The number of nitrogens with one attached hydrogen (secondary N) is 4. The summed E-state index contributed by atoms with van der Waals surface area (Å²) in [5.74, 6) is -3.46. The van der Waals surface area contributed by atoms with Crippen LogP contribution in [-0.4, -0.2) is 93.0 Å². The third-order valence-corrected chi connectivity index (χ3v) is 11.8. The molecule has 0 radical (unpaired) electrons. The number of imidazole rings is 2. The summed E-state index contributed by atoms with van der Waals surface area (Å²) in [6.45, 7) is 3.18. The molecule has 4 aromatic carbocycles. The van der Waals surface area contributed by atoms with E-state index in [9.17, 15) is 28.0 Å². The van der Waals surface area contributed by atoms with Gasteiger partial charge in [-0.1, -0.05) is 92.7 Å². The number of benzene rings is 4. The van der Waals surface area contributed by atoms with Gasteiger partial charge in [-0.2, -0.15) is 0 Å². The average molecular weight is 859 g/mol. The van der Waals surface area contributed by atoms with Crippen molar-refractivity contribution in [2.24, 2.45) is 5.92 Å². The number of likely N-dealkylation sites (tertiary alicyclic amines) is 2. The summed E-state index contributed by atoms with van der Waals surface area (Å²) >= 11 is 0. The van der Waals surface area contributed by atoms with Crippen molar-refractivity contribution < 1.29 is 37.4 Å². The number of carbonyl (C=O) groups excluding carboxylic acids is 4. The Morgan fingerprint density at radius 2 is 1.29 bits per heavy atom. The third kappa shape index (κ3) is 8.97. The van der Waals surface area contributed by atoms with E-state index < -0.39 is 55.1 Å². The van der Waals surface area contributed by atoms with Crippen LogP contribution in [0.25, 0.3) is 44.4 Å². The van der Waals surface area contributed by atoms with E-state index in [0.29, 0.717) is 23.6 Å². The number of hydrogen-bond acceptors (Lipinski definition) is 8. The smallest absolute Gasteiger partial charge is 0.407 e. The highest BCUT2D eigenvalue weighted by molar-refractivity contribution is 5.91. The van der Waals surface area contributed by atoms with Gasteiger partial charge < -0.3 is 39.9 Å². The van der Waals surface area contributed by atoms with Gasteiger partial charge in [0.15, 0.2) is 0 Å². The summed E-state index contributed by atoms with van der Waals surface area (Å²) in [6.07, 6.45) is 2.77. The number of aromatic amines is 2. The number of fused-ring (bicyclic) bond motifs is 1. The van der Waals surface area contributed by atoms with Crippen LogP contribution in [0.2, 0.25) is 0 Å². The molecule has 4 heterocycles. The van der Waals surface area contributed by atoms with Crippen LogP contribution in [0.1, 0.15) is 68.4 Å². The number of hydrogen-bond donors (Lipinski definition) is 4. The number of alkyl halides is 2. The van der Waals surface area contributed by atoms with E-state index in [2.05, 4.69) is 54.6 Å². The molecule has 0 spiro atoms. The van der Waals surface area contributed by atoms with Gasteiger partial charge in [0, 0.05) is 18.5 Å². The zero-order chi connectivity index (χ0) is 44.4. The van der Waals surface area contributed by atoms with E-state index in [1.165, 1.54) is 14.2 Å². The summed E-state index contributed by atoms with van der Waals surface area (Å²) < 4.78 is 39.1. The first-order valence-electron chi connectivity index (χ1n) is 20.8. The third-order valence-electron chi connectivity index (χ3n) is 11.8. The standard InChI is InChI=1S/C47H48F2N8O6/c1-27(2)39(54-45(60)62-3)43(58)57-26-47(48,49)23-38(57)42-51-24-35(52-42)29-14-12-28(13-15-29)31-16-17-33-22-34(19-18-32(33)21-31)36-25-50-41(53-36)37-11-8-20-56(37)44(59)40(55-46(61)63-4)30-9-6-5-7-10-30/h5-7,9-10,12-19,21-22,24-25,27,37-40H,8,11,20,23,26H2,1-4H3,(H,50,53)(H,51,52)(H,54,60)(H,55,61)/t37-,38-,39-,40+/m0/s1. The van der Waals surface area contributed by atoms with Gasteiger partial charge in [0.25, 0.3) is 11.8 Å². The number of H-pyrrole nitrogens is 2. The SMILES string of the molecule is COC(=O)N[C@H](C(=O)N1CC(F)(F)C[C@H]1c1ncc(-c2ccc(-c3ccc4cc(-c5cnc([C@@H]6CCCN6C(=O)[C@H](NC(=O)OC)c6ccccc6)[nH]5)ccc4c3)cc2)[nH]1)C(C)C. The lowest BCUT2D eigenvalue weighted by atomic mass is 9.98. The fourth-order valence-electron chi connectivity index (χ4n) is 8.50. The molecule has 4 amide bonds. The van der Waals surface area contributed by atoms with Crippen molar-refractivity contribution in [1.29, 1.82) is 0 Å². The van der Waals surface area contributed by atoms with E-state index in [1.807, 2.05) is 54.6 Å². The van der Waals surface area contributed by atoms with Gasteiger partial charge in [0.1, 0.15) is 23.7 Å². The Morgan fingerprint density at radius 3 is 1.94 bits per heavy atom. The molecule has 4 N–H and O–H groups in total. The van der Waals surface area contributed by atoms with Crippen LogP contribution in [0.4, 0.5) is 18.4 Å². The lowest BCUT2D eigenvalue weighted by Gasteiger charge is -2.29. The minimum absolute atomic E-state index is 0.234. The average Bonchev–Trinajstić information content (AvgIpc) is 4.13. The maximum atomic E-state index is 14.8. The van der Waals surface area contributed by atoms with Gasteiger partial charge in [0.05, 0.1) is 56.6 Å². The van der Waals surface area contributed by atoms with Crippen LogP contribution in [0.15, 0.2) is 103 Å². The number of carbonyl (C=O) groups is 4. The molecule has 6 aromatic rings. The van der Waals surface area contributed by atoms with Crippen molar-refractivity contribution in [1.82, 2.24) is 40.4 Å². The summed E-state index contributed by atoms with van der Waals surface area (Å²) in [5.41, 5.74) is 5.79. The fourth-order valence-corrected chi connectivity index (χ4v) is 8.50. The number of methoxy groups -OCH3 is 2. The topological polar surface area (TPSA) is 175 Å². The number of nitrogens with zero attached hydrogens (tertiary/aromatic N) is 4. The molecule has 4 atom stereocenters. The summed E-state index contributed by atoms with van der Waals surface area (Å²) in [5, 5.41) is 7.24. The van der Waals surface area contributed by atoms with Crippen LogP contribution in [0.5, 0.6) is 0 Å². The van der Waals surface area contributed by atoms with Crippen LogP contribution >= 0.6 is 0 Å². The lowest BCUT2D eigenvalue weighted by Crippen LogP contribution is -2.51. The quantitative estimate of drug-likeness (QED) is 0.101. The number of amides is 4. The molecular weight excluding hydrogens is 811 g/mol.